The van der Waals surface area contributed by atoms with E-state index in [0.717, 1.165) is 25.8 Å². The number of carbonyl (C=O) groups is 1. The molecule has 4 nitrogen and oxygen atoms in total. The van der Waals surface area contributed by atoms with Gasteiger partial charge in [-0.3, -0.25) is 4.79 Å². The molecule has 1 fully saturated rings. The van der Waals surface area contributed by atoms with Crippen molar-refractivity contribution in [2.45, 2.75) is 39.2 Å². The number of hydrogen-bond donors (Lipinski definition) is 1. The summed E-state index contributed by atoms with van der Waals surface area (Å²) in [4.78, 5) is 13.5. The van der Waals surface area contributed by atoms with E-state index in [4.69, 9.17) is 9.84 Å². The molecule has 16 heavy (non-hydrogen) atoms. The average molecular weight is 229 g/mol. The number of amides is 1. The first-order valence-electron chi connectivity index (χ1n) is 6.13. The second-order valence-corrected chi connectivity index (χ2v) is 4.82. The van der Waals surface area contributed by atoms with Crippen molar-refractivity contribution in [3.63, 3.8) is 0 Å². The highest BCUT2D eigenvalue weighted by Gasteiger charge is 2.25. The summed E-state index contributed by atoms with van der Waals surface area (Å²) in [7, 11) is 0. The maximum atomic E-state index is 11.6. The van der Waals surface area contributed by atoms with Crippen LogP contribution in [0.3, 0.4) is 0 Å². The maximum Gasteiger partial charge on any atom is 0.248 e. The highest BCUT2D eigenvalue weighted by Crippen LogP contribution is 2.13. The second kappa shape index (κ2) is 6.86. The maximum absolute atomic E-state index is 11.6. The summed E-state index contributed by atoms with van der Waals surface area (Å²) < 4.78 is 5.43. The molecule has 0 bridgehead atoms. The number of rotatable bonds is 6. The first kappa shape index (κ1) is 13.5. The average Bonchev–Trinajstić information content (AvgIpc) is 2.26. The van der Waals surface area contributed by atoms with Crippen molar-refractivity contribution >= 4 is 5.91 Å². The summed E-state index contributed by atoms with van der Waals surface area (Å²) in [5, 5.41) is 8.75. The first-order chi connectivity index (χ1) is 7.63. The summed E-state index contributed by atoms with van der Waals surface area (Å²) >= 11 is 0. The van der Waals surface area contributed by atoms with Crippen LogP contribution in [-0.2, 0) is 9.53 Å². The Hall–Kier alpha value is -0.610. The van der Waals surface area contributed by atoms with Gasteiger partial charge in [0, 0.05) is 19.7 Å². The smallest absolute Gasteiger partial charge is 0.248 e. The molecule has 1 aliphatic rings. The molecule has 0 aromatic heterocycles. The van der Waals surface area contributed by atoms with Crippen LogP contribution in [0.25, 0.3) is 0 Å². The summed E-state index contributed by atoms with van der Waals surface area (Å²) in [5.41, 5.74) is 0. The number of nitrogens with zero attached hydrogens (tertiary/aromatic N) is 1. The molecule has 0 aromatic carbocycles. The van der Waals surface area contributed by atoms with Crippen LogP contribution < -0.4 is 0 Å². The molecule has 94 valence electrons. The molecule has 0 aliphatic carbocycles. The summed E-state index contributed by atoms with van der Waals surface area (Å²) in [6, 6.07) is 0. The number of aliphatic hydroxyl groups is 1. The zero-order valence-electron chi connectivity index (χ0n) is 10.3. The SMILES string of the molecule is CC(C)CCN1CC(CCCO)OCC1=O. The van der Waals surface area contributed by atoms with E-state index in [9.17, 15) is 4.79 Å². The predicted octanol–water partition coefficient (Wildman–Crippen LogP) is 1.03. The van der Waals surface area contributed by atoms with Crippen LogP contribution in [0.2, 0.25) is 0 Å². The lowest BCUT2D eigenvalue weighted by Gasteiger charge is -2.33. The zero-order valence-corrected chi connectivity index (χ0v) is 10.3. The van der Waals surface area contributed by atoms with Gasteiger partial charge in [-0.25, -0.2) is 0 Å². The minimum atomic E-state index is 0.0981. The topological polar surface area (TPSA) is 49.8 Å². The van der Waals surface area contributed by atoms with Crippen LogP contribution in [0.1, 0.15) is 33.1 Å². The Morgan fingerprint density at radius 2 is 2.31 bits per heavy atom. The van der Waals surface area contributed by atoms with E-state index in [0.29, 0.717) is 12.5 Å². The fraction of sp³-hybridized carbons (Fsp3) is 0.917. The Morgan fingerprint density at radius 3 is 2.94 bits per heavy atom. The number of morpholine rings is 1. The fourth-order valence-corrected chi connectivity index (χ4v) is 1.80. The molecule has 1 atom stereocenters. The molecular formula is C12H23NO3. The molecule has 0 aromatic rings. The van der Waals surface area contributed by atoms with Gasteiger partial charge in [-0.15, -0.1) is 0 Å². The molecule has 1 unspecified atom stereocenters. The molecule has 1 heterocycles. The first-order valence-corrected chi connectivity index (χ1v) is 6.13. The predicted molar refractivity (Wildman–Crippen MR) is 62.1 cm³/mol. The van der Waals surface area contributed by atoms with Crippen LogP contribution in [0.4, 0.5) is 0 Å². The number of aliphatic hydroxyl groups excluding tert-OH is 1. The Bertz CT molecular complexity index is 218. The molecule has 1 N–H and O–H groups in total. The van der Waals surface area contributed by atoms with Crippen LogP contribution in [0, 0.1) is 5.92 Å². The van der Waals surface area contributed by atoms with Gasteiger partial charge in [0.15, 0.2) is 0 Å². The summed E-state index contributed by atoms with van der Waals surface area (Å²) in [6.45, 7) is 6.23. The van der Waals surface area contributed by atoms with Gasteiger partial charge in [-0.05, 0) is 25.2 Å². The zero-order chi connectivity index (χ0) is 12.0. The van der Waals surface area contributed by atoms with Gasteiger partial charge in [0.2, 0.25) is 5.91 Å². The quantitative estimate of drug-likeness (QED) is 0.740. The van der Waals surface area contributed by atoms with E-state index in [1.165, 1.54) is 0 Å². The van der Waals surface area contributed by atoms with Crippen molar-refractivity contribution in [3.8, 4) is 0 Å². The third kappa shape index (κ3) is 4.49. The lowest BCUT2D eigenvalue weighted by atomic mass is 10.1. The summed E-state index contributed by atoms with van der Waals surface area (Å²) in [6.07, 6.45) is 2.73. The molecule has 4 heteroatoms. The second-order valence-electron chi connectivity index (χ2n) is 4.82. The Labute approximate surface area is 97.6 Å². The Balaban J connectivity index is 2.33. The standard InChI is InChI=1S/C12H23NO3/c1-10(2)5-6-13-8-11(4-3-7-14)16-9-12(13)15/h10-11,14H,3-9H2,1-2H3. The van der Waals surface area contributed by atoms with Crippen LogP contribution in [0.5, 0.6) is 0 Å². The largest absolute Gasteiger partial charge is 0.396 e. The van der Waals surface area contributed by atoms with E-state index in [1.54, 1.807) is 0 Å². The third-order valence-corrected chi connectivity index (χ3v) is 2.88. The van der Waals surface area contributed by atoms with Gasteiger partial charge in [0.05, 0.1) is 6.10 Å². The Kier molecular flexibility index (Phi) is 5.77. The number of hydrogen-bond acceptors (Lipinski definition) is 3. The number of ether oxygens (including phenoxy) is 1. The van der Waals surface area contributed by atoms with Crippen molar-refractivity contribution < 1.29 is 14.6 Å². The van der Waals surface area contributed by atoms with Crippen molar-refractivity contribution in [2.75, 3.05) is 26.3 Å². The Morgan fingerprint density at radius 1 is 1.56 bits per heavy atom. The molecule has 1 aliphatic heterocycles. The van der Waals surface area contributed by atoms with Gasteiger partial charge >= 0.3 is 0 Å². The molecule has 1 rings (SSSR count). The van der Waals surface area contributed by atoms with Gasteiger partial charge in [-0.2, -0.15) is 0 Å². The monoisotopic (exact) mass is 229 g/mol. The lowest BCUT2D eigenvalue weighted by molar-refractivity contribution is -0.149. The fourth-order valence-electron chi connectivity index (χ4n) is 1.80. The number of carbonyl (C=O) groups excluding carboxylic acids is 1. The molecule has 0 spiro atoms. The van der Waals surface area contributed by atoms with Gasteiger partial charge in [0.25, 0.3) is 0 Å². The van der Waals surface area contributed by atoms with E-state index in [1.807, 2.05) is 4.90 Å². The molecule has 0 saturated carbocycles. The minimum absolute atomic E-state index is 0.0981. The minimum Gasteiger partial charge on any atom is -0.396 e. The lowest BCUT2D eigenvalue weighted by Crippen LogP contribution is -2.47. The van der Waals surface area contributed by atoms with E-state index < -0.39 is 0 Å². The normalized spacial score (nSPS) is 21.9. The van der Waals surface area contributed by atoms with Crippen LogP contribution in [0.15, 0.2) is 0 Å². The van der Waals surface area contributed by atoms with Crippen molar-refractivity contribution in [2.24, 2.45) is 5.92 Å². The van der Waals surface area contributed by atoms with E-state index in [-0.39, 0.29) is 25.2 Å². The molecular weight excluding hydrogens is 206 g/mol. The highest BCUT2D eigenvalue weighted by molar-refractivity contribution is 5.78. The molecule has 1 saturated heterocycles. The van der Waals surface area contributed by atoms with Crippen molar-refractivity contribution in [1.82, 2.24) is 4.90 Å². The van der Waals surface area contributed by atoms with Crippen molar-refractivity contribution in [3.05, 3.63) is 0 Å². The van der Waals surface area contributed by atoms with Gasteiger partial charge in [-0.1, -0.05) is 13.8 Å². The van der Waals surface area contributed by atoms with Gasteiger partial charge < -0.3 is 14.7 Å². The third-order valence-electron chi connectivity index (χ3n) is 2.88. The molecule has 0 radical (unpaired) electrons. The van der Waals surface area contributed by atoms with Crippen LogP contribution >= 0.6 is 0 Å². The van der Waals surface area contributed by atoms with Crippen LogP contribution in [-0.4, -0.2) is 48.3 Å². The molecule has 1 amide bonds. The van der Waals surface area contributed by atoms with E-state index in [2.05, 4.69) is 13.8 Å². The summed E-state index contributed by atoms with van der Waals surface area (Å²) in [5.74, 6) is 0.715. The van der Waals surface area contributed by atoms with E-state index >= 15 is 0 Å². The highest BCUT2D eigenvalue weighted by atomic mass is 16.5. The van der Waals surface area contributed by atoms with Crippen molar-refractivity contribution in [1.29, 1.82) is 0 Å². The van der Waals surface area contributed by atoms with Gasteiger partial charge in [0.1, 0.15) is 6.61 Å².